The molecular formula is C16H23N3O5. The molecule has 0 unspecified atom stereocenters. The zero-order valence-corrected chi connectivity index (χ0v) is 14.0. The fourth-order valence-electron chi connectivity index (χ4n) is 2.43. The van der Waals surface area contributed by atoms with Crippen LogP contribution in [-0.2, 0) is 4.74 Å². The molecule has 1 aromatic carbocycles. The van der Waals surface area contributed by atoms with Gasteiger partial charge in [0.05, 0.1) is 24.7 Å². The molecule has 1 aliphatic rings. The average molecular weight is 337 g/mol. The molecular weight excluding hydrogens is 314 g/mol. The lowest BCUT2D eigenvalue weighted by atomic mass is 9.85. The third-order valence-electron chi connectivity index (χ3n) is 3.98. The summed E-state index contributed by atoms with van der Waals surface area (Å²) in [5.41, 5.74) is 5.47. The van der Waals surface area contributed by atoms with Crippen molar-refractivity contribution in [2.24, 2.45) is 11.1 Å². The van der Waals surface area contributed by atoms with Gasteiger partial charge in [-0.05, 0) is 18.9 Å². The minimum absolute atomic E-state index is 0.0527. The number of nitrogens with two attached hydrogens (primary N) is 1. The zero-order chi connectivity index (χ0) is 17.7. The first-order valence-electron chi connectivity index (χ1n) is 7.93. The van der Waals surface area contributed by atoms with Crippen molar-refractivity contribution in [1.82, 2.24) is 0 Å². The van der Waals surface area contributed by atoms with E-state index < -0.39 is 10.8 Å². The second kappa shape index (κ2) is 7.48. The van der Waals surface area contributed by atoms with Gasteiger partial charge in [-0.15, -0.1) is 0 Å². The van der Waals surface area contributed by atoms with E-state index in [1.54, 1.807) is 0 Å². The van der Waals surface area contributed by atoms with Gasteiger partial charge in [-0.25, -0.2) is 0 Å². The Kier molecular flexibility index (Phi) is 5.61. The van der Waals surface area contributed by atoms with Gasteiger partial charge in [-0.3, -0.25) is 14.9 Å². The van der Waals surface area contributed by atoms with Gasteiger partial charge in [0.25, 0.3) is 5.69 Å². The number of nitrogens with zero attached hydrogens (tertiary/aromatic N) is 1. The SMILES string of the molecule is CCCNc1c(OCCC2(C)COC2)cc(C(N)=O)cc1[N+](=O)[O-]. The molecule has 1 fully saturated rings. The number of carbonyl (C=O) groups is 1. The summed E-state index contributed by atoms with van der Waals surface area (Å²) in [7, 11) is 0. The molecule has 132 valence electrons. The molecule has 0 spiro atoms. The summed E-state index contributed by atoms with van der Waals surface area (Å²) in [5, 5.41) is 14.4. The number of ether oxygens (including phenoxy) is 2. The summed E-state index contributed by atoms with van der Waals surface area (Å²) in [6, 6.07) is 2.63. The van der Waals surface area contributed by atoms with Crippen molar-refractivity contribution in [3.05, 3.63) is 27.8 Å². The molecule has 0 saturated carbocycles. The van der Waals surface area contributed by atoms with Gasteiger partial charge >= 0.3 is 0 Å². The Morgan fingerprint density at radius 2 is 2.21 bits per heavy atom. The highest BCUT2D eigenvalue weighted by molar-refractivity contribution is 5.95. The van der Waals surface area contributed by atoms with Crippen molar-refractivity contribution in [2.45, 2.75) is 26.7 Å². The molecule has 0 bridgehead atoms. The van der Waals surface area contributed by atoms with Crippen molar-refractivity contribution in [3.63, 3.8) is 0 Å². The second-order valence-electron chi connectivity index (χ2n) is 6.32. The minimum atomic E-state index is -0.732. The first-order valence-corrected chi connectivity index (χ1v) is 7.93. The topological polar surface area (TPSA) is 117 Å². The van der Waals surface area contributed by atoms with Crippen molar-refractivity contribution >= 4 is 17.3 Å². The number of rotatable bonds is 9. The molecule has 0 atom stereocenters. The number of primary amides is 1. The summed E-state index contributed by atoms with van der Waals surface area (Å²) >= 11 is 0. The third-order valence-corrected chi connectivity index (χ3v) is 3.98. The lowest BCUT2D eigenvalue weighted by molar-refractivity contribution is -0.384. The van der Waals surface area contributed by atoms with Crippen LogP contribution in [0.25, 0.3) is 0 Å². The normalized spacial score (nSPS) is 15.4. The summed E-state index contributed by atoms with van der Waals surface area (Å²) in [6.45, 7) is 6.34. The molecule has 24 heavy (non-hydrogen) atoms. The van der Waals surface area contributed by atoms with E-state index in [4.69, 9.17) is 15.2 Å². The molecule has 2 rings (SSSR count). The van der Waals surface area contributed by atoms with Gasteiger partial charge in [0.2, 0.25) is 5.91 Å². The van der Waals surface area contributed by atoms with Gasteiger partial charge in [0.15, 0.2) is 5.69 Å². The van der Waals surface area contributed by atoms with Crippen LogP contribution in [0, 0.1) is 15.5 Å². The molecule has 1 amide bonds. The van der Waals surface area contributed by atoms with E-state index in [2.05, 4.69) is 12.2 Å². The first-order chi connectivity index (χ1) is 11.4. The standard InChI is InChI=1S/C16H23N3O5/c1-3-5-18-14-12(19(21)22)7-11(15(17)20)8-13(14)24-6-4-16(2)9-23-10-16/h7-8,18H,3-6,9-10H2,1-2H3,(H2,17,20). The molecule has 0 radical (unpaired) electrons. The maximum atomic E-state index is 11.4. The van der Waals surface area contributed by atoms with E-state index in [1.165, 1.54) is 12.1 Å². The first kappa shape index (κ1) is 18.0. The maximum Gasteiger partial charge on any atom is 0.296 e. The predicted octanol–water partition coefficient (Wildman–Crippen LogP) is 2.32. The van der Waals surface area contributed by atoms with Crippen molar-refractivity contribution in [2.75, 3.05) is 31.7 Å². The van der Waals surface area contributed by atoms with Gasteiger partial charge in [-0.1, -0.05) is 13.8 Å². The molecule has 1 aromatic rings. The number of hydrogen-bond acceptors (Lipinski definition) is 6. The van der Waals surface area contributed by atoms with Gasteiger partial charge in [0.1, 0.15) is 5.75 Å². The van der Waals surface area contributed by atoms with Crippen LogP contribution < -0.4 is 15.8 Å². The van der Waals surface area contributed by atoms with Crippen molar-refractivity contribution in [1.29, 1.82) is 0 Å². The Balaban J connectivity index is 2.26. The molecule has 0 aromatic heterocycles. The average Bonchev–Trinajstić information content (AvgIpc) is 2.50. The fraction of sp³-hybridized carbons (Fsp3) is 0.562. The number of benzene rings is 1. The Bertz CT molecular complexity index is 628. The largest absolute Gasteiger partial charge is 0.491 e. The number of nitrogens with one attached hydrogen (secondary N) is 1. The van der Waals surface area contributed by atoms with E-state index in [0.29, 0.717) is 26.4 Å². The van der Waals surface area contributed by atoms with Crippen LogP contribution in [0.1, 0.15) is 37.0 Å². The monoisotopic (exact) mass is 337 g/mol. The van der Waals surface area contributed by atoms with E-state index in [1.807, 2.05) is 6.92 Å². The van der Waals surface area contributed by atoms with Crippen LogP contribution in [-0.4, -0.2) is 37.2 Å². The lowest BCUT2D eigenvalue weighted by Crippen LogP contribution is -2.40. The molecule has 8 heteroatoms. The van der Waals surface area contributed by atoms with Crippen LogP contribution >= 0.6 is 0 Å². The maximum absolute atomic E-state index is 11.4. The number of anilines is 1. The van der Waals surface area contributed by atoms with E-state index in [-0.39, 0.29) is 28.1 Å². The number of nitro groups is 1. The van der Waals surface area contributed by atoms with Crippen molar-refractivity contribution < 1.29 is 19.2 Å². The summed E-state index contributed by atoms with van der Waals surface area (Å²) in [5.74, 6) is -0.459. The number of amides is 1. The van der Waals surface area contributed by atoms with Crippen LogP contribution in [0.4, 0.5) is 11.4 Å². The smallest absolute Gasteiger partial charge is 0.296 e. The summed E-state index contributed by atoms with van der Waals surface area (Å²) in [4.78, 5) is 22.2. The highest BCUT2D eigenvalue weighted by atomic mass is 16.6. The van der Waals surface area contributed by atoms with Crippen LogP contribution in [0.5, 0.6) is 5.75 Å². The van der Waals surface area contributed by atoms with Gasteiger partial charge in [-0.2, -0.15) is 0 Å². The summed E-state index contributed by atoms with van der Waals surface area (Å²) in [6.07, 6.45) is 1.55. The van der Waals surface area contributed by atoms with E-state index >= 15 is 0 Å². The molecule has 3 N–H and O–H groups in total. The Labute approximate surface area is 140 Å². The lowest BCUT2D eigenvalue weighted by Gasteiger charge is -2.37. The van der Waals surface area contributed by atoms with Crippen LogP contribution in [0.15, 0.2) is 12.1 Å². The number of nitro benzene ring substituents is 1. The van der Waals surface area contributed by atoms with Gasteiger partial charge < -0.3 is 20.5 Å². The quantitative estimate of drug-likeness (QED) is 0.527. The molecule has 1 heterocycles. The Hall–Kier alpha value is -2.35. The molecule has 0 aliphatic carbocycles. The van der Waals surface area contributed by atoms with E-state index in [0.717, 1.165) is 12.8 Å². The highest BCUT2D eigenvalue weighted by Crippen LogP contribution is 2.37. The third kappa shape index (κ3) is 4.14. The number of hydrogen-bond donors (Lipinski definition) is 2. The predicted molar refractivity (Wildman–Crippen MR) is 89.4 cm³/mol. The van der Waals surface area contributed by atoms with E-state index in [9.17, 15) is 14.9 Å². The molecule has 8 nitrogen and oxygen atoms in total. The molecule has 1 saturated heterocycles. The highest BCUT2D eigenvalue weighted by Gasteiger charge is 2.33. The van der Waals surface area contributed by atoms with Crippen LogP contribution in [0.3, 0.4) is 0 Å². The zero-order valence-electron chi connectivity index (χ0n) is 14.0. The molecule has 1 aliphatic heterocycles. The summed E-state index contributed by atoms with van der Waals surface area (Å²) < 4.78 is 11.0. The fourth-order valence-corrected chi connectivity index (χ4v) is 2.43. The van der Waals surface area contributed by atoms with Crippen LogP contribution in [0.2, 0.25) is 0 Å². The van der Waals surface area contributed by atoms with Crippen molar-refractivity contribution in [3.8, 4) is 5.75 Å². The minimum Gasteiger partial charge on any atom is -0.491 e. The van der Waals surface area contributed by atoms with Gasteiger partial charge in [0, 0.05) is 23.6 Å². The second-order valence-corrected chi connectivity index (χ2v) is 6.32. The number of carbonyl (C=O) groups excluding carboxylic acids is 1. The Morgan fingerprint density at radius 3 is 2.71 bits per heavy atom. The Morgan fingerprint density at radius 1 is 1.50 bits per heavy atom.